The van der Waals surface area contributed by atoms with Gasteiger partial charge in [0, 0.05) is 24.6 Å². The Labute approximate surface area is 159 Å². The van der Waals surface area contributed by atoms with Crippen molar-refractivity contribution in [3.8, 4) is 0 Å². The second-order valence-corrected chi connectivity index (χ2v) is 11.5. The zero-order valence-corrected chi connectivity index (χ0v) is 16.2. The van der Waals surface area contributed by atoms with E-state index in [2.05, 4.69) is 11.6 Å². The van der Waals surface area contributed by atoms with Crippen LogP contribution in [0.4, 0.5) is 0 Å². The van der Waals surface area contributed by atoms with Crippen LogP contribution in [0.5, 0.6) is 0 Å². The van der Waals surface area contributed by atoms with E-state index in [4.69, 9.17) is 6.35 Å². The van der Waals surface area contributed by atoms with Crippen LogP contribution in [0.1, 0.15) is 88.8 Å². The largest absolute Gasteiger partial charge is 0.337 e. The van der Waals surface area contributed by atoms with Crippen molar-refractivity contribution in [3.05, 3.63) is 17.7 Å². The number of hydrogen-bond acceptors (Lipinski definition) is 1. The summed E-state index contributed by atoms with van der Waals surface area (Å²) in [5, 5.41) is 0. The van der Waals surface area contributed by atoms with E-state index in [-0.39, 0.29) is 0 Å². The van der Waals surface area contributed by atoms with Crippen LogP contribution in [0.25, 0.3) is 0 Å². The first kappa shape index (κ1) is 14.2. The first-order valence-electron chi connectivity index (χ1n) is 12.2. The summed E-state index contributed by atoms with van der Waals surface area (Å²) >= 11 is 0. The molecule has 1 heterocycles. The van der Waals surface area contributed by atoms with Gasteiger partial charge in [0.15, 0.2) is 0 Å². The molecule has 8 aliphatic carbocycles. The molecule has 26 heavy (non-hydrogen) atoms. The van der Waals surface area contributed by atoms with E-state index in [1.165, 1.54) is 69.9 Å². The van der Waals surface area contributed by atoms with E-state index >= 15 is 0 Å². The lowest BCUT2D eigenvalue weighted by atomic mass is 9.49. The van der Waals surface area contributed by atoms with Crippen LogP contribution >= 0.6 is 0 Å². The second-order valence-electron chi connectivity index (χ2n) is 11.5. The van der Waals surface area contributed by atoms with E-state index in [1.807, 2.05) is 0 Å². The van der Waals surface area contributed by atoms with Gasteiger partial charge in [0.2, 0.25) is 0 Å². The maximum atomic E-state index is 8.58. The number of nitrogens with zero attached hydrogens (tertiary/aromatic N) is 2. The van der Waals surface area contributed by atoms with Crippen LogP contribution in [-0.2, 0) is 7.05 Å². The van der Waals surface area contributed by atoms with Crippen molar-refractivity contribution in [2.24, 2.45) is 54.4 Å². The average molecular weight is 352 g/mol. The van der Waals surface area contributed by atoms with Crippen molar-refractivity contribution in [2.75, 3.05) is 0 Å². The summed E-state index contributed by atoms with van der Waals surface area (Å²) < 4.78 is 10.8. The smallest absolute Gasteiger partial charge is 0.104 e. The highest BCUT2D eigenvalue weighted by atomic mass is 15.0. The van der Waals surface area contributed by atoms with Gasteiger partial charge in [0.05, 0.1) is 12.0 Å². The van der Waals surface area contributed by atoms with Crippen LogP contribution in [0, 0.1) is 47.3 Å². The van der Waals surface area contributed by atoms with Crippen LogP contribution < -0.4 is 0 Å². The third kappa shape index (κ3) is 1.97. The highest BCUT2D eigenvalue weighted by molar-refractivity contribution is 5.29. The van der Waals surface area contributed by atoms with Crippen LogP contribution in [-0.4, -0.2) is 9.55 Å². The molecule has 1 aromatic heterocycles. The van der Waals surface area contributed by atoms with E-state index in [9.17, 15) is 0 Å². The lowest BCUT2D eigenvalue weighted by molar-refractivity contribution is -0.0134. The van der Waals surface area contributed by atoms with Crippen molar-refractivity contribution in [1.82, 2.24) is 9.55 Å². The van der Waals surface area contributed by atoms with Gasteiger partial charge >= 0.3 is 0 Å². The van der Waals surface area contributed by atoms with Gasteiger partial charge in [-0.2, -0.15) is 0 Å². The number of aromatic nitrogens is 2. The molecule has 140 valence electrons. The Morgan fingerprint density at radius 3 is 1.62 bits per heavy atom. The fraction of sp³-hybridized carbons (Fsp3) is 0.875. The molecule has 9 rings (SSSR count). The predicted octanol–water partition coefficient (Wildman–Crippen LogP) is 5.50. The Kier molecular flexibility index (Phi) is 2.83. The number of rotatable bonds is 2. The van der Waals surface area contributed by atoms with Gasteiger partial charge in [-0.3, -0.25) is 0 Å². The molecule has 0 saturated heterocycles. The molecule has 8 saturated carbocycles. The lowest BCUT2D eigenvalue weighted by Crippen LogP contribution is -2.46. The molecule has 0 N–H and O–H groups in total. The molecule has 0 radical (unpaired) electrons. The van der Waals surface area contributed by atoms with E-state index in [0.717, 1.165) is 53.3 Å². The maximum absolute atomic E-state index is 8.58. The van der Waals surface area contributed by atoms with Crippen LogP contribution in [0.15, 0.2) is 6.30 Å². The zero-order chi connectivity index (χ0) is 17.9. The van der Waals surface area contributed by atoms with Crippen molar-refractivity contribution >= 4 is 0 Å². The third-order valence-corrected chi connectivity index (χ3v) is 10.0. The summed E-state index contributed by atoms with van der Waals surface area (Å²) in [7, 11) is 2.16. The van der Waals surface area contributed by atoms with E-state index < -0.39 is 0 Å². The van der Waals surface area contributed by atoms with Crippen LogP contribution in [0.2, 0.25) is 0 Å². The van der Waals surface area contributed by atoms with Crippen molar-refractivity contribution in [1.29, 1.82) is 0 Å². The molecule has 0 aliphatic heterocycles. The maximum Gasteiger partial charge on any atom is 0.104 e. The SMILES string of the molecule is [2H]c1nc(C2C3CC4CC(C3)CC2C4)c(C2C3CC4CC(C3)CC2C4)n1C. The summed E-state index contributed by atoms with van der Waals surface area (Å²) in [5.41, 5.74) is 2.97. The molecule has 0 amide bonds. The standard InChI is InChI=1S/C24H34N2/c1-26-12-25-23(21-17-4-13-2-14(6-17)7-18(21)5-13)24(26)22-19-8-15-3-16(10-19)11-20(22)9-15/h12-22H,2-11H2,1H3/i12D. The number of imidazole rings is 1. The Balaban J connectivity index is 1.32. The fourth-order valence-corrected chi connectivity index (χ4v) is 9.79. The summed E-state index contributed by atoms with van der Waals surface area (Å²) in [6.45, 7) is 0. The van der Waals surface area contributed by atoms with Gasteiger partial charge in [-0.1, -0.05) is 0 Å². The Hall–Kier alpha value is -0.790. The second kappa shape index (κ2) is 5.17. The minimum absolute atomic E-state index is 0.544. The minimum atomic E-state index is 0.544. The Morgan fingerprint density at radius 1 is 0.731 bits per heavy atom. The van der Waals surface area contributed by atoms with Crippen LogP contribution in [0.3, 0.4) is 0 Å². The normalized spacial score (nSPS) is 54.1. The molecule has 8 bridgehead atoms. The predicted molar refractivity (Wildman–Crippen MR) is 103 cm³/mol. The molecule has 1 aromatic rings. The summed E-state index contributed by atoms with van der Waals surface area (Å²) in [5.74, 6) is 9.06. The molecule has 0 aromatic carbocycles. The molecule has 0 spiro atoms. The molecular formula is C24H34N2. The monoisotopic (exact) mass is 351 g/mol. The summed E-state index contributed by atoms with van der Waals surface area (Å²) in [4.78, 5) is 5.02. The van der Waals surface area contributed by atoms with Gasteiger partial charge in [0.25, 0.3) is 0 Å². The average Bonchev–Trinajstić information content (AvgIpc) is 2.89. The highest BCUT2D eigenvalue weighted by Gasteiger charge is 2.53. The molecule has 0 unspecified atom stereocenters. The molecule has 2 heteroatoms. The molecule has 2 nitrogen and oxygen atoms in total. The number of hydrogen-bond donors (Lipinski definition) is 0. The van der Waals surface area contributed by atoms with E-state index in [1.54, 1.807) is 5.69 Å². The lowest BCUT2D eigenvalue weighted by Gasteiger charge is -2.56. The molecule has 8 aliphatic rings. The quantitative estimate of drug-likeness (QED) is 0.688. The van der Waals surface area contributed by atoms with Gasteiger partial charge in [0.1, 0.15) is 1.37 Å². The van der Waals surface area contributed by atoms with Gasteiger partial charge in [-0.05, 0) is 112 Å². The minimum Gasteiger partial charge on any atom is -0.337 e. The summed E-state index contributed by atoms with van der Waals surface area (Å²) in [6.07, 6.45) is 15.3. The molecular weight excluding hydrogens is 316 g/mol. The van der Waals surface area contributed by atoms with E-state index in [0.29, 0.717) is 12.2 Å². The van der Waals surface area contributed by atoms with Gasteiger partial charge in [-0.15, -0.1) is 0 Å². The topological polar surface area (TPSA) is 17.8 Å². The molecule has 8 fully saturated rings. The Morgan fingerprint density at radius 2 is 1.15 bits per heavy atom. The highest BCUT2D eigenvalue weighted by Crippen LogP contribution is 2.63. The first-order chi connectivity index (χ1) is 13.1. The first-order valence-corrected chi connectivity index (χ1v) is 11.7. The van der Waals surface area contributed by atoms with Gasteiger partial charge in [-0.25, -0.2) is 4.98 Å². The zero-order valence-electron chi connectivity index (χ0n) is 17.2. The van der Waals surface area contributed by atoms with Crippen molar-refractivity contribution < 1.29 is 1.37 Å². The third-order valence-electron chi connectivity index (χ3n) is 10.0. The Bertz CT molecular complexity index is 724. The summed E-state index contributed by atoms with van der Waals surface area (Å²) in [6, 6.07) is 0. The van der Waals surface area contributed by atoms with Crippen molar-refractivity contribution in [3.63, 3.8) is 0 Å². The van der Waals surface area contributed by atoms with Crippen molar-refractivity contribution in [2.45, 2.75) is 76.0 Å². The fourth-order valence-electron chi connectivity index (χ4n) is 9.79. The molecule has 0 atom stereocenters. The van der Waals surface area contributed by atoms with Gasteiger partial charge < -0.3 is 4.57 Å².